The molecule has 0 bridgehead atoms. The highest BCUT2D eigenvalue weighted by Gasteiger charge is 2.25. The summed E-state index contributed by atoms with van der Waals surface area (Å²) in [6.07, 6.45) is 3.39. The Bertz CT molecular complexity index is 1400. The molecule has 1 atom stereocenters. The van der Waals surface area contributed by atoms with Crippen molar-refractivity contribution in [1.82, 2.24) is 9.78 Å². The molecular weight excluding hydrogens is 444 g/mol. The van der Waals surface area contributed by atoms with Crippen LogP contribution in [-0.2, 0) is 15.1 Å². The van der Waals surface area contributed by atoms with Crippen molar-refractivity contribution in [1.29, 1.82) is 0 Å². The van der Waals surface area contributed by atoms with Gasteiger partial charge in [-0.15, -0.1) is 0 Å². The van der Waals surface area contributed by atoms with Crippen molar-refractivity contribution >= 4 is 26.5 Å². The highest BCUT2D eigenvalue weighted by atomic mass is 35.5. The summed E-state index contributed by atoms with van der Waals surface area (Å²) in [7, 11) is -2.20. The molecule has 0 saturated carbocycles. The molecule has 4 aromatic rings. The lowest BCUT2D eigenvalue weighted by Gasteiger charge is -2.13. The van der Waals surface area contributed by atoms with Gasteiger partial charge < -0.3 is 9.52 Å². The van der Waals surface area contributed by atoms with E-state index in [-0.39, 0.29) is 0 Å². The fourth-order valence-electron chi connectivity index (χ4n) is 3.35. The third-order valence-electron chi connectivity index (χ3n) is 5.35. The molecule has 0 amide bonds. The maximum absolute atomic E-state index is 12.8. The number of rotatable bonds is 5. The zero-order chi connectivity index (χ0) is 23.1. The van der Waals surface area contributed by atoms with Crippen LogP contribution >= 0.6 is 11.6 Å². The fraction of sp³-hybridized carbons (Fsp3) is 0.200. The van der Waals surface area contributed by atoms with Crippen molar-refractivity contribution in [3.63, 3.8) is 0 Å². The highest BCUT2D eigenvalue weighted by Crippen LogP contribution is 2.34. The van der Waals surface area contributed by atoms with E-state index in [1.165, 1.54) is 0 Å². The summed E-state index contributed by atoms with van der Waals surface area (Å²) in [5, 5.41) is 17.4. The van der Waals surface area contributed by atoms with Crippen molar-refractivity contribution in [3.8, 4) is 28.3 Å². The van der Waals surface area contributed by atoms with E-state index in [0.29, 0.717) is 27.9 Å². The van der Waals surface area contributed by atoms with Crippen LogP contribution in [0.2, 0.25) is 5.02 Å². The second-order valence-corrected chi connectivity index (χ2v) is 11.4. The highest BCUT2D eigenvalue weighted by molar-refractivity contribution is 8.00. The van der Waals surface area contributed by atoms with Gasteiger partial charge >= 0.3 is 0 Å². The minimum absolute atomic E-state index is 0.497. The van der Waals surface area contributed by atoms with Crippen molar-refractivity contribution in [3.05, 3.63) is 77.6 Å². The van der Waals surface area contributed by atoms with E-state index in [2.05, 4.69) is 5.10 Å². The normalized spacial score (nSPS) is 13.7. The molecule has 5 nitrogen and oxygen atoms in total. The molecule has 0 aliphatic heterocycles. The first-order valence-corrected chi connectivity index (χ1v) is 12.6. The summed E-state index contributed by atoms with van der Waals surface area (Å²) in [5.74, 6) is 0.576. The summed E-state index contributed by atoms with van der Waals surface area (Å²) in [4.78, 5) is 0.769. The summed E-state index contributed by atoms with van der Waals surface area (Å²) < 4.78 is 20.4. The van der Waals surface area contributed by atoms with Crippen LogP contribution in [-0.4, -0.2) is 30.7 Å². The number of aromatic nitrogens is 2. The van der Waals surface area contributed by atoms with E-state index in [1.807, 2.05) is 48.5 Å². The number of benzene rings is 2. The third-order valence-corrected chi connectivity index (χ3v) is 7.76. The molecule has 4 rings (SSSR count). The summed E-state index contributed by atoms with van der Waals surface area (Å²) in [6.45, 7) is 5.17. The molecule has 1 unspecified atom stereocenters. The van der Waals surface area contributed by atoms with E-state index in [9.17, 15) is 9.32 Å². The lowest BCUT2D eigenvalue weighted by Crippen LogP contribution is -2.16. The zero-order valence-corrected chi connectivity index (χ0v) is 19.9. The van der Waals surface area contributed by atoms with Gasteiger partial charge in [-0.3, -0.25) is 4.21 Å². The molecule has 0 fully saturated rings. The van der Waals surface area contributed by atoms with Crippen LogP contribution in [0.5, 0.6) is 0 Å². The summed E-state index contributed by atoms with van der Waals surface area (Å²) >= 11 is 6.43. The van der Waals surface area contributed by atoms with Gasteiger partial charge in [-0.05, 0) is 77.6 Å². The molecule has 2 aromatic heterocycles. The Balaban J connectivity index is 1.83. The molecule has 166 valence electrons. The van der Waals surface area contributed by atoms with E-state index < -0.39 is 15.1 Å². The van der Waals surface area contributed by atoms with Crippen LogP contribution in [0, 0.1) is 0 Å². The molecule has 0 saturated heterocycles. The van der Waals surface area contributed by atoms with Gasteiger partial charge in [-0.2, -0.15) is 5.10 Å². The van der Waals surface area contributed by atoms with Crippen LogP contribution < -0.4 is 0 Å². The van der Waals surface area contributed by atoms with Crippen LogP contribution in [0.15, 0.2) is 76.2 Å². The third kappa shape index (κ3) is 4.26. The molecule has 7 heteroatoms. The lowest BCUT2D eigenvalue weighted by molar-refractivity contribution is 0.0734. The van der Waals surface area contributed by atoms with E-state index in [4.69, 9.17) is 16.0 Å². The average molecular weight is 469 g/mol. The summed E-state index contributed by atoms with van der Waals surface area (Å²) in [5.41, 5.74) is 2.47. The minimum atomic E-state index is -2.20. The predicted molar refractivity (Wildman–Crippen MR) is 131 cm³/mol. The Morgan fingerprint density at radius 2 is 1.84 bits per heavy atom. The largest absolute Gasteiger partial charge is 0.462 e. The smallest absolute Gasteiger partial charge is 0.153 e. The van der Waals surface area contributed by atoms with Gasteiger partial charge in [0.05, 0.1) is 22.7 Å². The SMILES string of the molecule is CC=S(C)(=O)c1cccc(-c2coc(-c3cc(C(C)(C)O)nn3-c3ccccc3Cl)c2)c1. The number of nitrogens with zero attached hydrogens (tertiary/aromatic N) is 2. The van der Waals surface area contributed by atoms with Crippen LogP contribution in [0.4, 0.5) is 0 Å². The van der Waals surface area contributed by atoms with Crippen LogP contribution in [0.1, 0.15) is 26.5 Å². The maximum Gasteiger partial charge on any atom is 0.153 e. The number of halogens is 1. The van der Waals surface area contributed by atoms with Gasteiger partial charge in [0.1, 0.15) is 11.3 Å². The average Bonchev–Trinajstić information content (AvgIpc) is 3.41. The minimum Gasteiger partial charge on any atom is -0.462 e. The molecule has 2 heterocycles. The second kappa shape index (κ2) is 8.28. The Morgan fingerprint density at radius 3 is 2.53 bits per heavy atom. The molecule has 0 radical (unpaired) electrons. The fourth-order valence-corrected chi connectivity index (χ4v) is 4.55. The molecule has 1 N–H and O–H groups in total. The van der Waals surface area contributed by atoms with Gasteiger partial charge in [0.2, 0.25) is 0 Å². The number of hydrogen-bond donors (Lipinski definition) is 1. The van der Waals surface area contributed by atoms with Crippen LogP contribution in [0.3, 0.4) is 0 Å². The van der Waals surface area contributed by atoms with Crippen molar-refractivity contribution in [2.45, 2.75) is 31.3 Å². The van der Waals surface area contributed by atoms with E-state index in [0.717, 1.165) is 16.0 Å². The standard InChI is InChI=1S/C25H25ClN2O3S/c1-5-32(4,30)19-10-8-9-17(13-19)18-14-23(31-16-18)22-15-24(25(2,3)29)27-28(22)21-12-7-6-11-20(21)26/h5-16,29H,1-4H3. The monoisotopic (exact) mass is 468 g/mol. The Hall–Kier alpha value is -2.80. The van der Waals surface area contributed by atoms with Gasteiger partial charge in [-0.1, -0.05) is 35.9 Å². The molecule has 0 spiro atoms. The van der Waals surface area contributed by atoms with Crippen molar-refractivity contribution in [2.75, 3.05) is 6.26 Å². The van der Waals surface area contributed by atoms with E-state index in [1.54, 1.807) is 55.5 Å². The van der Waals surface area contributed by atoms with Crippen molar-refractivity contribution in [2.24, 2.45) is 0 Å². The molecule has 32 heavy (non-hydrogen) atoms. The quantitative estimate of drug-likeness (QED) is 0.377. The second-order valence-electron chi connectivity index (χ2n) is 8.20. The van der Waals surface area contributed by atoms with Gasteiger partial charge in [-0.25, -0.2) is 4.68 Å². The number of hydrogen-bond acceptors (Lipinski definition) is 4. The predicted octanol–water partition coefficient (Wildman–Crippen LogP) is 5.78. The number of para-hydroxylation sites is 1. The van der Waals surface area contributed by atoms with Crippen LogP contribution in [0.25, 0.3) is 28.3 Å². The first kappa shape index (κ1) is 22.4. The molecular formula is C25H25ClN2O3S. The molecule has 0 aliphatic rings. The van der Waals surface area contributed by atoms with Gasteiger partial charge in [0, 0.05) is 16.7 Å². The Labute approximate surface area is 193 Å². The zero-order valence-electron chi connectivity index (χ0n) is 18.4. The molecule has 2 aromatic carbocycles. The summed E-state index contributed by atoms with van der Waals surface area (Å²) in [6, 6.07) is 18.7. The maximum atomic E-state index is 12.8. The van der Waals surface area contributed by atoms with Gasteiger partial charge in [0.25, 0.3) is 0 Å². The number of aliphatic hydroxyl groups is 1. The Kier molecular flexibility index (Phi) is 5.79. The molecule has 0 aliphatic carbocycles. The van der Waals surface area contributed by atoms with Crippen molar-refractivity contribution < 1.29 is 13.7 Å². The van der Waals surface area contributed by atoms with Gasteiger partial charge in [0.15, 0.2) is 5.76 Å². The first-order valence-electron chi connectivity index (χ1n) is 10.2. The Morgan fingerprint density at radius 1 is 1.09 bits per heavy atom. The van der Waals surface area contributed by atoms with E-state index >= 15 is 0 Å². The lowest BCUT2D eigenvalue weighted by atomic mass is 10.1. The topological polar surface area (TPSA) is 68.3 Å². The number of furan rings is 1. The first-order chi connectivity index (χ1) is 15.1.